The highest BCUT2D eigenvalue weighted by molar-refractivity contribution is 7.11. The fourth-order valence-corrected chi connectivity index (χ4v) is 3.54. The molecule has 0 atom stereocenters. The molecule has 1 amide bonds. The SMILES string of the molecule is CC(C)CNC(=O)CNC(c1cccs1)c1cccs1. The fraction of sp³-hybridized carbons (Fsp3) is 0.400. The van der Waals surface area contributed by atoms with E-state index in [-0.39, 0.29) is 11.9 Å². The van der Waals surface area contributed by atoms with Crippen LogP contribution in [-0.2, 0) is 4.79 Å². The number of rotatable bonds is 7. The number of hydrogen-bond donors (Lipinski definition) is 2. The van der Waals surface area contributed by atoms with Gasteiger partial charge in [-0.25, -0.2) is 0 Å². The third kappa shape index (κ3) is 4.44. The van der Waals surface area contributed by atoms with Crippen LogP contribution in [0.15, 0.2) is 35.0 Å². The molecule has 0 aliphatic carbocycles. The Labute approximate surface area is 128 Å². The first kappa shape index (κ1) is 15.2. The molecule has 3 nitrogen and oxygen atoms in total. The van der Waals surface area contributed by atoms with Crippen LogP contribution in [0.3, 0.4) is 0 Å². The maximum Gasteiger partial charge on any atom is 0.233 e. The molecule has 2 N–H and O–H groups in total. The van der Waals surface area contributed by atoms with Gasteiger partial charge in [-0.2, -0.15) is 0 Å². The predicted octanol–water partition coefficient (Wildman–Crippen LogP) is 3.26. The van der Waals surface area contributed by atoms with Gasteiger partial charge in [0.25, 0.3) is 0 Å². The van der Waals surface area contributed by atoms with Crippen molar-refractivity contribution in [3.05, 3.63) is 44.8 Å². The smallest absolute Gasteiger partial charge is 0.233 e. The minimum atomic E-state index is 0.0526. The lowest BCUT2D eigenvalue weighted by atomic mass is 10.2. The van der Waals surface area contributed by atoms with Gasteiger partial charge in [-0.1, -0.05) is 26.0 Å². The molecule has 0 aromatic carbocycles. The molecule has 0 aliphatic heterocycles. The third-order valence-corrected chi connectivity index (χ3v) is 4.70. The zero-order chi connectivity index (χ0) is 14.4. The van der Waals surface area contributed by atoms with Crippen LogP contribution in [0.2, 0.25) is 0 Å². The highest BCUT2D eigenvalue weighted by Crippen LogP contribution is 2.28. The van der Waals surface area contributed by atoms with Crippen LogP contribution in [0.25, 0.3) is 0 Å². The Morgan fingerprint density at radius 1 is 1.15 bits per heavy atom. The van der Waals surface area contributed by atoms with E-state index in [0.717, 1.165) is 6.54 Å². The topological polar surface area (TPSA) is 41.1 Å². The van der Waals surface area contributed by atoms with E-state index in [1.807, 2.05) is 12.1 Å². The van der Waals surface area contributed by atoms with Crippen molar-refractivity contribution in [2.45, 2.75) is 19.9 Å². The average Bonchev–Trinajstić information content (AvgIpc) is 3.09. The van der Waals surface area contributed by atoms with Crippen molar-refractivity contribution in [3.8, 4) is 0 Å². The van der Waals surface area contributed by atoms with Crippen molar-refractivity contribution in [2.75, 3.05) is 13.1 Å². The van der Waals surface area contributed by atoms with Crippen LogP contribution < -0.4 is 10.6 Å². The van der Waals surface area contributed by atoms with Gasteiger partial charge in [-0.05, 0) is 28.8 Å². The Morgan fingerprint density at radius 3 is 2.20 bits per heavy atom. The molecule has 2 rings (SSSR count). The van der Waals surface area contributed by atoms with Crippen molar-refractivity contribution >= 4 is 28.6 Å². The summed E-state index contributed by atoms with van der Waals surface area (Å²) in [6.07, 6.45) is 0. The van der Waals surface area contributed by atoms with Gasteiger partial charge in [-0.3, -0.25) is 10.1 Å². The fourth-order valence-electron chi connectivity index (χ4n) is 1.83. The van der Waals surface area contributed by atoms with Gasteiger partial charge in [0.15, 0.2) is 0 Å². The van der Waals surface area contributed by atoms with Crippen LogP contribution >= 0.6 is 22.7 Å². The number of carbonyl (C=O) groups is 1. The van der Waals surface area contributed by atoms with E-state index in [1.54, 1.807) is 22.7 Å². The van der Waals surface area contributed by atoms with E-state index >= 15 is 0 Å². The van der Waals surface area contributed by atoms with Gasteiger partial charge in [0.1, 0.15) is 0 Å². The molecular formula is C15H20N2OS2. The standard InChI is InChI=1S/C15H20N2OS2/c1-11(2)9-16-14(18)10-17-15(12-5-3-7-19-12)13-6-4-8-20-13/h3-8,11,15,17H,9-10H2,1-2H3,(H,16,18). The molecule has 0 saturated carbocycles. The van der Waals surface area contributed by atoms with Crippen LogP contribution in [0.5, 0.6) is 0 Å². The Balaban J connectivity index is 1.94. The van der Waals surface area contributed by atoms with E-state index < -0.39 is 0 Å². The number of amides is 1. The molecule has 2 aromatic heterocycles. The molecule has 0 aliphatic rings. The highest BCUT2D eigenvalue weighted by atomic mass is 32.1. The van der Waals surface area contributed by atoms with Gasteiger partial charge in [0.2, 0.25) is 5.91 Å². The summed E-state index contributed by atoms with van der Waals surface area (Å²) in [4.78, 5) is 14.3. The molecule has 0 unspecified atom stereocenters. The molecule has 20 heavy (non-hydrogen) atoms. The summed E-state index contributed by atoms with van der Waals surface area (Å²) in [5.74, 6) is 0.529. The largest absolute Gasteiger partial charge is 0.355 e. The van der Waals surface area contributed by atoms with Crippen molar-refractivity contribution in [2.24, 2.45) is 5.92 Å². The lowest BCUT2D eigenvalue weighted by Gasteiger charge is -2.16. The van der Waals surface area contributed by atoms with Crippen LogP contribution in [0.1, 0.15) is 29.6 Å². The maximum atomic E-state index is 11.8. The van der Waals surface area contributed by atoms with E-state index in [2.05, 4.69) is 47.4 Å². The molecule has 0 saturated heterocycles. The molecule has 0 bridgehead atoms. The van der Waals surface area contributed by atoms with Crippen molar-refractivity contribution < 1.29 is 4.79 Å². The number of thiophene rings is 2. The average molecular weight is 308 g/mol. The summed E-state index contributed by atoms with van der Waals surface area (Å²) in [7, 11) is 0. The first-order valence-electron chi connectivity index (χ1n) is 6.73. The monoisotopic (exact) mass is 308 g/mol. The van der Waals surface area contributed by atoms with Gasteiger partial charge in [-0.15, -0.1) is 22.7 Å². The summed E-state index contributed by atoms with van der Waals surface area (Å²) in [5.41, 5.74) is 0. The summed E-state index contributed by atoms with van der Waals surface area (Å²) < 4.78 is 0. The second-order valence-electron chi connectivity index (χ2n) is 5.04. The molecule has 0 radical (unpaired) electrons. The van der Waals surface area contributed by atoms with Crippen molar-refractivity contribution in [1.82, 2.24) is 10.6 Å². The molecule has 2 aromatic rings. The Morgan fingerprint density at radius 2 is 1.75 bits per heavy atom. The van der Waals surface area contributed by atoms with Gasteiger partial charge < -0.3 is 5.32 Å². The Kier molecular flexibility index (Phi) is 5.76. The van der Waals surface area contributed by atoms with E-state index in [9.17, 15) is 4.79 Å². The third-order valence-electron chi connectivity index (χ3n) is 2.83. The second-order valence-corrected chi connectivity index (χ2v) is 7.00. The first-order valence-corrected chi connectivity index (χ1v) is 8.49. The van der Waals surface area contributed by atoms with Gasteiger partial charge >= 0.3 is 0 Å². The van der Waals surface area contributed by atoms with Gasteiger partial charge in [0, 0.05) is 16.3 Å². The number of nitrogens with one attached hydrogen (secondary N) is 2. The second kappa shape index (κ2) is 7.57. The van der Waals surface area contributed by atoms with Crippen LogP contribution in [0.4, 0.5) is 0 Å². The van der Waals surface area contributed by atoms with Crippen molar-refractivity contribution in [1.29, 1.82) is 0 Å². The quantitative estimate of drug-likeness (QED) is 0.824. The highest BCUT2D eigenvalue weighted by Gasteiger charge is 2.16. The van der Waals surface area contributed by atoms with E-state index in [0.29, 0.717) is 12.5 Å². The minimum absolute atomic E-state index is 0.0526. The van der Waals surface area contributed by atoms with Crippen LogP contribution in [0, 0.1) is 5.92 Å². The number of hydrogen-bond acceptors (Lipinski definition) is 4. The molecular weight excluding hydrogens is 288 g/mol. The molecule has 5 heteroatoms. The zero-order valence-electron chi connectivity index (χ0n) is 11.8. The summed E-state index contributed by atoms with van der Waals surface area (Å²) in [5, 5.41) is 10.4. The van der Waals surface area contributed by atoms with Crippen LogP contribution in [-0.4, -0.2) is 19.0 Å². The molecule has 0 fully saturated rings. The predicted molar refractivity (Wildman–Crippen MR) is 86.3 cm³/mol. The van der Waals surface area contributed by atoms with Crippen molar-refractivity contribution in [3.63, 3.8) is 0 Å². The first-order chi connectivity index (χ1) is 9.66. The molecule has 108 valence electrons. The molecule has 2 heterocycles. The lowest BCUT2D eigenvalue weighted by molar-refractivity contribution is -0.120. The lowest BCUT2D eigenvalue weighted by Crippen LogP contribution is -2.37. The Bertz CT molecular complexity index is 472. The summed E-state index contributed by atoms with van der Waals surface area (Å²) in [6.45, 7) is 5.25. The van der Waals surface area contributed by atoms with Gasteiger partial charge in [0.05, 0.1) is 12.6 Å². The van der Waals surface area contributed by atoms with E-state index in [1.165, 1.54) is 9.75 Å². The summed E-state index contributed by atoms with van der Waals surface area (Å²) >= 11 is 3.42. The normalized spacial score (nSPS) is 11.2. The maximum absolute atomic E-state index is 11.8. The summed E-state index contributed by atoms with van der Waals surface area (Å²) in [6, 6.07) is 8.41. The minimum Gasteiger partial charge on any atom is -0.355 e. The van der Waals surface area contributed by atoms with E-state index in [4.69, 9.17) is 0 Å². The number of carbonyl (C=O) groups excluding carboxylic acids is 1. The Hall–Kier alpha value is -1.17. The zero-order valence-corrected chi connectivity index (χ0v) is 13.4. The molecule has 0 spiro atoms.